The van der Waals surface area contributed by atoms with Crippen LogP contribution in [0.1, 0.15) is 11.1 Å². The van der Waals surface area contributed by atoms with Crippen molar-refractivity contribution < 1.29 is 17.9 Å². The minimum absolute atomic E-state index is 0. The van der Waals surface area contributed by atoms with Gasteiger partial charge in [0.25, 0.3) is 0 Å². The third-order valence-electron chi connectivity index (χ3n) is 3.53. The van der Waals surface area contributed by atoms with Crippen LogP contribution in [-0.4, -0.2) is 37.3 Å². The summed E-state index contributed by atoms with van der Waals surface area (Å²) < 4.78 is 42.0. The first kappa shape index (κ1) is 24.3. The Morgan fingerprint density at radius 3 is 2.57 bits per heavy atom. The number of aliphatic imine (C=N–C) groups is 1. The summed E-state index contributed by atoms with van der Waals surface area (Å²) in [6.07, 6.45) is -1.96. The topological polar surface area (TPSA) is 58.5 Å². The summed E-state index contributed by atoms with van der Waals surface area (Å²) in [5, 5.41) is 6.64. The molecule has 0 amide bonds. The molecule has 0 aliphatic carbocycles. The van der Waals surface area contributed by atoms with E-state index in [1.54, 1.807) is 37.5 Å². The van der Waals surface area contributed by atoms with E-state index in [0.717, 1.165) is 12.0 Å². The fraction of sp³-hybridized carbons (Fsp3) is 0.333. The highest BCUT2D eigenvalue weighted by Crippen LogP contribution is 2.22. The number of ether oxygens (including phenoxy) is 1. The van der Waals surface area contributed by atoms with E-state index in [1.165, 1.54) is 6.07 Å². The summed E-state index contributed by atoms with van der Waals surface area (Å²) in [6.45, 7) is -0.447. The van der Waals surface area contributed by atoms with E-state index >= 15 is 0 Å². The summed E-state index contributed by atoms with van der Waals surface area (Å²) in [4.78, 5) is 8.12. The van der Waals surface area contributed by atoms with Crippen molar-refractivity contribution in [3.63, 3.8) is 0 Å². The van der Waals surface area contributed by atoms with Crippen LogP contribution in [-0.2, 0) is 13.0 Å². The molecule has 2 aromatic rings. The van der Waals surface area contributed by atoms with E-state index < -0.39 is 12.8 Å². The van der Waals surface area contributed by atoms with Gasteiger partial charge in [-0.3, -0.25) is 4.99 Å². The molecule has 0 aliphatic rings. The highest BCUT2D eigenvalue weighted by molar-refractivity contribution is 14.0. The van der Waals surface area contributed by atoms with Crippen LogP contribution in [0.4, 0.5) is 13.2 Å². The molecule has 2 N–H and O–H groups in total. The van der Waals surface area contributed by atoms with Gasteiger partial charge < -0.3 is 15.4 Å². The second-order valence-electron chi connectivity index (χ2n) is 5.60. The zero-order chi connectivity index (χ0) is 19.7. The monoisotopic (exact) mass is 528 g/mol. The molecule has 1 heterocycles. The summed E-state index contributed by atoms with van der Waals surface area (Å²) >= 11 is 5.75. The largest absolute Gasteiger partial charge is 0.484 e. The minimum Gasteiger partial charge on any atom is -0.484 e. The Bertz CT molecular complexity index is 757. The molecule has 5 nitrogen and oxygen atoms in total. The number of aromatic nitrogens is 1. The fourth-order valence-electron chi connectivity index (χ4n) is 2.23. The molecule has 10 heteroatoms. The molecule has 0 radical (unpaired) electrons. The number of hydrogen-bond acceptors (Lipinski definition) is 3. The van der Waals surface area contributed by atoms with Crippen LogP contribution < -0.4 is 15.4 Å². The van der Waals surface area contributed by atoms with E-state index in [4.69, 9.17) is 16.3 Å². The van der Waals surface area contributed by atoms with Gasteiger partial charge in [-0.1, -0.05) is 35.9 Å². The van der Waals surface area contributed by atoms with Crippen molar-refractivity contribution in [3.8, 4) is 5.75 Å². The molecule has 0 spiro atoms. The van der Waals surface area contributed by atoms with Crippen LogP contribution in [0, 0.1) is 0 Å². The van der Waals surface area contributed by atoms with Gasteiger partial charge in [-0.15, -0.1) is 24.0 Å². The number of hydrogen-bond donors (Lipinski definition) is 2. The Balaban J connectivity index is 0.00000392. The maximum Gasteiger partial charge on any atom is 0.422 e. The van der Waals surface area contributed by atoms with Gasteiger partial charge in [0.05, 0.1) is 0 Å². The van der Waals surface area contributed by atoms with Crippen LogP contribution in [0.2, 0.25) is 5.15 Å². The Morgan fingerprint density at radius 1 is 1.18 bits per heavy atom. The lowest BCUT2D eigenvalue weighted by Gasteiger charge is -2.15. The molecule has 0 saturated heterocycles. The van der Waals surface area contributed by atoms with E-state index in [0.29, 0.717) is 23.2 Å². The maximum absolute atomic E-state index is 12.4. The molecule has 28 heavy (non-hydrogen) atoms. The number of nitrogens with one attached hydrogen (secondary N) is 2. The number of para-hydroxylation sites is 1. The predicted octanol–water partition coefficient (Wildman–Crippen LogP) is 4.20. The Morgan fingerprint density at radius 2 is 1.93 bits per heavy atom. The van der Waals surface area contributed by atoms with Gasteiger partial charge in [0.15, 0.2) is 12.6 Å². The van der Waals surface area contributed by atoms with Crippen molar-refractivity contribution in [2.75, 3.05) is 20.2 Å². The van der Waals surface area contributed by atoms with Crippen LogP contribution in [0.3, 0.4) is 0 Å². The minimum atomic E-state index is -4.38. The Hall–Kier alpha value is -1.75. The lowest BCUT2D eigenvalue weighted by atomic mass is 10.2. The SMILES string of the molecule is CN=C(NCCc1ccc(Cl)nc1)NCc1ccccc1OCC(F)(F)F.I. The molecule has 0 unspecified atom stereocenters. The number of halogens is 5. The Kier molecular flexibility index (Phi) is 10.4. The molecule has 0 saturated carbocycles. The van der Waals surface area contributed by atoms with Crippen LogP contribution in [0.5, 0.6) is 5.75 Å². The quantitative estimate of drug-likeness (QED) is 0.245. The lowest BCUT2D eigenvalue weighted by molar-refractivity contribution is -0.153. The van der Waals surface area contributed by atoms with Gasteiger partial charge in [0, 0.05) is 31.9 Å². The van der Waals surface area contributed by atoms with E-state index in [2.05, 4.69) is 20.6 Å². The average molecular weight is 529 g/mol. The number of benzene rings is 1. The summed E-state index contributed by atoms with van der Waals surface area (Å²) in [5.74, 6) is 0.715. The van der Waals surface area contributed by atoms with Crippen LogP contribution >= 0.6 is 35.6 Å². The molecule has 1 aromatic heterocycles. The molecule has 2 rings (SSSR count). The average Bonchev–Trinajstić information content (AvgIpc) is 2.64. The first-order valence-electron chi connectivity index (χ1n) is 8.20. The zero-order valence-electron chi connectivity index (χ0n) is 15.1. The van der Waals surface area contributed by atoms with Crippen molar-refractivity contribution in [3.05, 3.63) is 58.9 Å². The van der Waals surface area contributed by atoms with Gasteiger partial charge in [-0.2, -0.15) is 13.2 Å². The van der Waals surface area contributed by atoms with E-state index in [9.17, 15) is 13.2 Å². The molecule has 0 bridgehead atoms. The Labute approximate surface area is 183 Å². The zero-order valence-corrected chi connectivity index (χ0v) is 18.2. The highest BCUT2D eigenvalue weighted by atomic mass is 127. The molecule has 0 aliphatic heterocycles. The summed E-state index contributed by atoms with van der Waals surface area (Å²) in [5.41, 5.74) is 1.62. The molecular weight excluding hydrogens is 508 g/mol. The van der Waals surface area contributed by atoms with Gasteiger partial charge in [-0.25, -0.2) is 4.98 Å². The molecule has 154 valence electrons. The van der Waals surface area contributed by atoms with Crippen molar-refractivity contribution in [2.45, 2.75) is 19.1 Å². The number of rotatable bonds is 7. The number of pyridine rings is 1. The van der Waals surface area contributed by atoms with Crippen molar-refractivity contribution in [2.24, 2.45) is 4.99 Å². The van der Waals surface area contributed by atoms with Crippen LogP contribution in [0.15, 0.2) is 47.6 Å². The molecule has 0 atom stereocenters. The molecular formula is C18H21ClF3IN4O. The lowest BCUT2D eigenvalue weighted by Crippen LogP contribution is -2.38. The number of alkyl halides is 3. The molecule has 1 aromatic carbocycles. The third kappa shape index (κ3) is 8.96. The highest BCUT2D eigenvalue weighted by Gasteiger charge is 2.28. The predicted molar refractivity (Wildman–Crippen MR) is 115 cm³/mol. The fourth-order valence-corrected chi connectivity index (χ4v) is 2.34. The van der Waals surface area contributed by atoms with Crippen molar-refractivity contribution in [1.29, 1.82) is 0 Å². The van der Waals surface area contributed by atoms with Crippen LogP contribution in [0.25, 0.3) is 0 Å². The first-order valence-corrected chi connectivity index (χ1v) is 8.57. The summed E-state index contributed by atoms with van der Waals surface area (Å²) in [6, 6.07) is 10.2. The number of guanidine groups is 1. The second-order valence-corrected chi connectivity index (χ2v) is 5.99. The molecule has 0 fully saturated rings. The summed E-state index contributed by atoms with van der Waals surface area (Å²) in [7, 11) is 1.62. The van der Waals surface area contributed by atoms with Crippen molar-refractivity contribution >= 4 is 41.5 Å². The third-order valence-corrected chi connectivity index (χ3v) is 3.75. The second kappa shape index (κ2) is 11.9. The smallest absolute Gasteiger partial charge is 0.422 e. The van der Waals surface area contributed by atoms with Gasteiger partial charge in [0.2, 0.25) is 0 Å². The van der Waals surface area contributed by atoms with E-state index in [1.807, 2.05) is 6.07 Å². The van der Waals surface area contributed by atoms with Gasteiger partial charge >= 0.3 is 6.18 Å². The first-order chi connectivity index (χ1) is 12.9. The number of nitrogens with zero attached hydrogens (tertiary/aromatic N) is 2. The standard InChI is InChI=1S/C18H20ClF3N4O.HI/c1-23-17(24-9-8-13-6-7-16(19)25-10-13)26-11-14-4-2-3-5-15(14)27-12-18(20,21)22;/h2-7,10H,8-9,11-12H2,1H3,(H2,23,24,26);1H. The van der Waals surface area contributed by atoms with Gasteiger partial charge in [-0.05, 0) is 24.1 Å². The van der Waals surface area contributed by atoms with Gasteiger partial charge in [0.1, 0.15) is 10.9 Å². The van der Waals surface area contributed by atoms with Crippen molar-refractivity contribution in [1.82, 2.24) is 15.6 Å². The normalized spacial score (nSPS) is 11.5. The van der Waals surface area contributed by atoms with E-state index in [-0.39, 0.29) is 36.3 Å². The maximum atomic E-state index is 12.4.